The van der Waals surface area contributed by atoms with E-state index in [9.17, 15) is 5.11 Å². The van der Waals surface area contributed by atoms with Gasteiger partial charge in [-0.3, -0.25) is 0 Å². The quantitative estimate of drug-likeness (QED) is 0.547. The van der Waals surface area contributed by atoms with Gasteiger partial charge < -0.3 is 19.9 Å². The third-order valence-corrected chi connectivity index (χ3v) is 4.67. The number of aliphatic hydroxyl groups is 1. The summed E-state index contributed by atoms with van der Waals surface area (Å²) in [5.41, 5.74) is 2.88. The van der Waals surface area contributed by atoms with Crippen molar-refractivity contribution in [3.05, 3.63) is 94.5 Å². The summed E-state index contributed by atoms with van der Waals surface area (Å²) in [5, 5.41) is 14.3. The molecule has 0 amide bonds. The van der Waals surface area contributed by atoms with Gasteiger partial charge in [-0.25, -0.2) is 0 Å². The molecule has 4 nitrogen and oxygen atoms in total. The molecule has 3 aromatic rings. The summed E-state index contributed by atoms with van der Waals surface area (Å²) in [5.74, 6) is 1.37. The van der Waals surface area contributed by atoms with E-state index < -0.39 is 6.10 Å². The molecule has 0 heterocycles. The van der Waals surface area contributed by atoms with E-state index in [0.717, 1.165) is 16.7 Å². The van der Waals surface area contributed by atoms with E-state index in [0.29, 0.717) is 36.2 Å². The number of methoxy groups -OCH3 is 1. The number of hydrogen-bond acceptors (Lipinski definition) is 4. The van der Waals surface area contributed by atoms with Crippen molar-refractivity contribution in [2.75, 3.05) is 13.7 Å². The van der Waals surface area contributed by atoms with Gasteiger partial charge in [0.15, 0.2) is 11.5 Å². The number of halogens is 1. The molecule has 5 heteroatoms. The highest BCUT2D eigenvalue weighted by atomic mass is 35.5. The minimum Gasteiger partial charge on any atom is -0.493 e. The summed E-state index contributed by atoms with van der Waals surface area (Å²) in [4.78, 5) is 0. The molecule has 146 valence electrons. The Bertz CT molecular complexity index is 869. The predicted octanol–water partition coefficient (Wildman–Crippen LogP) is 4.75. The SMILES string of the molecule is COc1cccc(CNC[C@@H](O)c2ccccc2)c1OCc1ccc(Cl)cc1. The van der Waals surface area contributed by atoms with Crippen LogP contribution in [0.25, 0.3) is 0 Å². The fraction of sp³-hybridized carbons (Fsp3) is 0.217. The zero-order chi connectivity index (χ0) is 19.8. The van der Waals surface area contributed by atoms with Gasteiger partial charge in [-0.15, -0.1) is 0 Å². The zero-order valence-corrected chi connectivity index (χ0v) is 16.5. The Morgan fingerprint density at radius 1 is 0.964 bits per heavy atom. The lowest BCUT2D eigenvalue weighted by molar-refractivity contribution is 0.174. The summed E-state index contributed by atoms with van der Waals surface area (Å²) >= 11 is 5.94. The Morgan fingerprint density at radius 2 is 1.71 bits per heavy atom. The summed E-state index contributed by atoms with van der Waals surface area (Å²) in [7, 11) is 1.63. The standard InChI is InChI=1S/C23H24ClNO3/c1-27-22-9-5-8-19(14-25-15-21(26)18-6-3-2-4-7-18)23(22)28-16-17-10-12-20(24)13-11-17/h2-13,21,25-26H,14-16H2,1H3/t21-/m1/s1. The van der Waals surface area contributed by atoms with E-state index in [1.165, 1.54) is 0 Å². The second kappa shape index (κ2) is 10.1. The van der Waals surface area contributed by atoms with Crippen molar-refractivity contribution in [3.8, 4) is 11.5 Å². The number of hydrogen-bond donors (Lipinski definition) is 2. The van der Waals surface area contributed by atoms with Crippen molar-refractivity contribution in [2.24, 2.45) is 0 Å². The van der Waals surface area contributed by atoms with E-state index in [1.54, 1.807) is 7.11 Å². The van der Waals surface area contributed by atoms with Crippen LogP contribution in [0, 0.1) is 0 Å². The molecule has 0 saturated heterocycles. The van der Waals surface area contributed by atoms with Crippen molar-refractivity contribution < 1.29 is 14.6 Å². The summed E-state index contributed by atoms with van der Waals surface area (Å²) < 4.78 is 11.5. The monoisotopic (exact) mass is 397 g/mol. The molecule has 0 radical (unpaired) electrons. The van der Waals surface area contributed by atoms with Crippen LogP contribution in [0.4, 0.5) is 0 Å². The number of benzene rings is 3. The van der Waals surface area contributed by atoms with Crippen LogP contribution >= 0.6 is 11.6 Å². The molecule has 3 aromatic carbocycles. The first-order valence-electron chi connectivity index (χ1n) is 9.14. The van der Waals surface area contributed by atoms with Crippen LogP contribution in [0.2, 0.25) is 5.02 Å². The zero-order valence-electron chi connectivity index (χ0n) is 15.8. The molecule has 28 heavy (non-hydrogen) atoms. The Morgan fingerprint density at radius 3 is 2.43 bits per heavy atom. The number of ether oxygens (including phenoxy) is 2. The fourth-order valence-corrected chi connectivity index (χ4v) is 3.02. The van der Waals surface area contributed by atoms with E-state index in [-0.39, 0.29) is 0 Å². The summed E-state index contributed by atoms with van der Waals surface area (Å²) in [6.45, 7) is 1.41. The first kappa shape index (κ1) is 20.2. The average Bonchev–Trinajstić information content (AvgIpc) is 2.74. The lowest BCUT2D eigenvalue weighted by atomic mass is 10.1. The maximum Gasteiger partial charge on any atom is 0.166 e. The molecule has 0 aromatic heterocycles. The minimum absolute atomic E-state index is 0.414. The number of rotatable bonds is 9. The van der Waals surface area contributed by atoms with Gasteiger partial charge in [0.1, 0.15) is 6.61 Å². The second-order valence-electron chi connectivity index (χ2n) is 6.42. The molecule has 0 bridgehead atoms. The van der Waals surface area contributed by atoms with Crippen LogP contribution in [0.5, 0.6) is 11.5 Å². The molecular formula is C23H24ClNO3. The van der Waals surface area contributed by atoms with Crippen molar-refractivity contribution in [2.45, 2.75) is 19.3 Å². The van der Waals surface area contributed by atoms with Gasteiger partial charge in [-0.1, -0.05) is 66.2 Å². The fourth-order valence-electron chi connectivity index (χ4n) is 2.90. The molecule has 2 N–H and O–H groups in total. The highest BCUT2D eigenvalue weighted by Crippen LogP contribution is 2.32. The minimum atomic E-state index is -0.565. The number of aliphatic hydroxyl groups excluding tert-OH is 1. The normalized spacial score (nSPS) is 11.8. The first-order chi connectivity index (χ1) is 13.7. The topological polar surface area (TPSA) is 50.7 Å². The third-order valence-electron chi connectivity index (χ3n) is 4.41. The van der Waals surface area contributed by atoms with Crippen LogP contribution in [0.1, 0.15) is 22.8 Å². The highest BCUT2D eigenvalue weighted by Gasteiger charge is 2.12. The van der Waals surface area contributed by atoms with Crippen molar-refractivity contribution in [1.29, 1.82) is 0 Å². The average molecular weight is 398 g/mol. The molecule has 0 aliphatic rings. The van der Waals surface area contributed by atoms with Crippen LogP contribution in [-0.4, -0.2) is 18.8 Å². The van der Waals surface area contributed by atoms with Crippen LogP contribution in [-0.2, 0) is 13.2 Å². The predicted molar refractivity (Wildman–Crippen MR) is 112 cm³/mol. The van der Waals surface area contributed by atoms with Gasteiger partial charge in [-0.05, 0) is 29.3 Å². The molecule has 1 atom stereocenters. The molecule has 0 aliphatic carbocycles. The van der Waals surface area contributed by atoms with Crippen molar-refractivity contribution >= 4 is 11.6 Å². The Kier molecular flexibility index (Phi) is 7.31. The molecule has 0 fully saturated rings. The number of nitrogens with one attached hydrogen (secondary N) is 1. The molecule has 0 spiro atoms. The van der Waals surface area contributed by atoms with Crippen molar-refractivity contribution in [3.63, 3.8) is 0 Å². The van der Waals surface area contributed by atoms with E-state index in [2.05, 4.69) is 5.32 Å². The van der Waals surface area contributed by atoms with E-state index in [1.807, 2.05) is 72.8 Å². The van der Waals surface area contributed by atoms with Crippen LogP contribution in [0.15, 0.2) is 72.8 Å². The van der Waals surface area contributed by atoms with Gasteiger partial charge in [-0.2, -0.15) is 0 Å². The molecule has 3 rings (SSSR count). The Hall–Kier alpha value is -2.53. The Labute approximate surface area is 170 Å². The molecule has 0 aliphatic heterocycles. The van der Waals surface area contributed by atoms with Gasteiger partial charge in [0, 0.05) is 23.7 Å². The number of para-hydroxylation sites is 1. The molecule has 0 saturated carbocycles. The van der Waals surface area contributed by atoms with Crippen LogP contribution in [0.3, 0.4) is 0 Å². The summed E-state index contributed by atoms with van der Waals surface area (Å²) in [6, 6.07) is 23.0. The van der Waals surface area contributed by atoms with Crippen LogP contribution < -0.4 is 14.8 Å². The second-order valence-corrected chi connectivity index (χ2v) is 6.86. The van der Waals surface area contributed by atoms with E-state index >= 15 is 0 Å². The summed E-state index contributed by atoms with van der Waals surface area (Å²) in [6.07, 6.45) is -0.565. The molecule has 0 unspecified atom stereocenters. The van der Waals surface area contributed by atoms with E-state index in [4.69, 9.17) is 21.1 Å². The van der Waals surface area contributed by atoms with Gasteiger partial charge in [0.05, 0.1) is 13.2 Å². The third kappa shape index (κ3) is 5.49. The maximum atomic E-state index is 10.3. The first-order valence-corrected chi connectivity index (χ1v) is 9.52. The lowest BCUT2D eigenvalue weighted by Gasteiger charge is -2.17. The maximum absolute atomic E-state index is 10.3. The highest BCUT2D eigenvalue weighted by molar-refractivity contribution is 6.30. The van der Waals surface area contributed by atoms with Gasteiger partial charge in [0.25, 0.3) is 0 Å². The van der Waals surface area contributed by atoms with Crippen molar-refractivity contribution in [1.82, 2.24) is 5.32 Å². The Balaban J connectivity index is 1.64. The molecular weight excluding hydrogens is 374 g/mol. The smallest absolute Gasteiger partial charge is 0.166 e. The van der Waals surface area contributed by atoms with Gasteiger partial charge >= 0.3 is 0 Å². The largest absolute Gasteiger partial charge is 0.493 e. The van der Waals surface area contributed by atoms with Gasteiger partial charge in [0.2, 0.25) is 0 Å². The lowest BCUT2D eigenvalue weighted by Crippen LogP contribution is -2.21.